The van der Waals surface area contributed by atoms with Gasteiger partial charge in [-0.1, -0.05) is 243 Å². The van der Waals surface area contributed by atoms with E-state index in [1.165, 1.54) is 193 Å². The van der Waals surface area contributed by atoms with E-state index in [-0.39, 0.29) is 18.9 Å². The molecule has 0 aliphatic carbocycles. The minimum Gasteiger partial charge on any atom is -0.394 e. The van der Waals surface area contributed by atoms with Crippen LogP contribution in [-0.2, 0) is 4.79 Å². The van der Waals surface area contributed by atoms with E-state index >= 15 is 0 Å². The predicted molar refractivity (Wildman–Crippen MR) is 245 cm³/mol. The molecule has 56 heavy (non-hydrogen) atoms. The summed E-state index contributed by atoms with van der Waals surface area (Å²) >= 11 is 0. The molecule has 0 aromatic heterocycles. The molecule has 0 radical (unpaired) electrons. The first-order valence-corrected chi connectivity index (χ1v) is 24.8. The van der Waals surface area contributed by atoms with Crippen LogP contribution in [0.3, 0.4) is 0 Å². The van der Waals surface area contributed by atoms with Gasteiger partial charge in [-0.3, -0.25) is 4.79 Å². The van der Waals surface area contributed by atoms with Crippen molar-refractivity contribution in [2.24, 2.45) is 0 Å². The molecule has 5 nitrogen and oxygen atoms in total. The minimum absolute atomic E-state index is 0.00538. The molecule has 0 saturated heterocycles. The number of unbranched alkanes of at least 4 members (excludes halogenated alkanes) is 32. The first-order chi connectivity index (χ1) is 27.5. The predicted octanol–water partition coefficient (Wildman–Crippen LogP) is 14.7. The van der Waals surface area contributed by atoms with Crippen LogP contribution in [0.15, 0.2) is 36.5 Å². The zero-order valence-corrected chi connectivity index (χ0v) is 37.5. The van der Waals surface area contributed by atoms with Gasteiger partial charge >= 0.3 is 0 Å². The van der Waals surface area contributed by atoms with Crippen molar-refractivity contribution in [2.45, 2.75) is 276 Å². The maximum absolute atomic E-state index is 12.5. The van der Waals surface area contributed by atoms with Crippen molar-refractivity contribution < 1.29 is 20.1 Å². The SMILES string of the molecule is CCCCCCCCCC/C=C/CC/C=C/CC/C=C/C(O)C(CO)NC(=O)CC(O)CCCCCCCCCCCCCCCCCCCCCCCCC. The van der Waals surface area contributed by atoms with Crippen molar-refractivity contribution in [2.75, 3.05) is 6.61 Å². The van der Waals surface area contributed by atoms with Crippen LogP contribution in [-0.4, -0.2) is 46.1 Å². The first-order valence-electron chi connectivity index (χ1n) is 24.8. The third kappa shape index (κ3) is 42.2. The van der Waals surface area contributed by atoms with Gasteiger partial charge in [-0.25, -0.2) is 0 Å². The molecule has 4 N–H and O–H groups in total. The fourth-order valence-electron chi connectivity index (χ4n) is 7.61. The average molecular weight is 788 g/mol. The Kier molecular flexibility index (Phi) is 45.1. The summed E-state index contributed by atoms with van der Waals surface area (Å²) in [6.45, 7) is 4.21. The van der Waals surface area contributed by atoms with Crippen LogP contribution >= 0.6 is 0 Å². The molecule has 0 rings (SSSR count). The molecule has 0 saturated carbocycles. The van der Waals surface area contributed by atoms with Gasteiger partial charge in [-0.15, -0.1) is 0 Å². The van der Waals surface area contributed by atoms with Crippen molar-refractivity contribution in [1.82, 2.24) is 5.32 Å². The van der Waals surface area contributed by atoms with Gasteiger partial charge in [0.25, 0.3) is 0 Å². The smallest absolute Gasteiger partial charge is 0.222 e. The zero-order valence-electron chi connectivity index (χ0n) is 37.5. The summed E-state index contributed by atoms with van der Waals surface area (Å²) in [5.74, 6) is -0.326. The van der Waals surface area contributed by atoms with E-state index in [4.69, 9.17) is 0 Å². The molecule has 3 unspecified atom stereocenters. The Labute approximate surface area is 349 Å². The third-order valence-corrected chi connectivity index (χ3v) is 11.4. The Balaban J connectivity index is 3.64. The Morgan fingerprint density at radius 1 is 0.446 bits per heavy atom. The fourth-order valence-corrected chi connectivity index (χ4v) is 7.61. The number of carbonyl (C=O) groups is 1. The molecule has 0 heterocycles. The molecule has 330 valence electrons. The van der Waals surface area contributed by atoms with Crippen molar-refractivity contribution in [3.05, 3.63) is 36.5 Å². The molecule has 3 atom stereocenters. The molecule has 5 heteroatoms. The molecule has 0 fully saturated rings. The molecule has 0 spiro atoms. The highest BCUT2D eigenvalue weighted by molar-refractivity contribution is 5.76. The van der Waals surface area contributed by atoms with Gasteiger partial charge in [0.1, 0.15) is 0 Å². The summed E-state index contributed by atoms with van der Waals surface area (Å²) in [6, 6.07) is -0.765. The minimum atomic E-state index is -0.958. The summed E-state index contributed by atoms with van der Waals surface area (Å²) in [4.78, 5) is 12.5. The lowest BCUT2D eigenvalue weighted by atomic mass is 10.0. The van der Waals surface area contributed by atoms with Gasteiger partial charge in [-0.2, -0.15) is 0 Å². The molecule has 0 aromatic carbocycles. The molecule has 0 aliphatic rings. The topological polar surface area (TPSA) is 89.8 Å². The number of amides is 1. The number of nitrogens with one attached hydrogen (secondary N) is 1. The molecular weight excluding hydrogens is 691 g/mol. The number of aliphatic hydroxyl groups excluding tert-OH is 3. The zero-order chi connectivity index (χ0) is 40.8. The summed E-state index contributed by atoms with van der Waals surface area (Å²) in [5, 5.41) is 33.3. The lowest BCUT2D eigenvalue weighted by molar-refractivity contribution is -0.124. The van der Waals surface area contributed by atoms with Crippen LogP contribution in [0.5, 0.6) is 0 Å². The first kappa shape index (κ1) is 54.6. The van der Waals surface area contributed by atoms with Crippen LogP contribution < -0.4 is 5.32 Å². The fraction of sp³-hybridized carbons (Fsp3) is 0.863. The number of hydrogen-bond donors (Lipinski definition) is 4. The highest BCUT2D eigenvalue weighted by Crippen LogP contribution is 2.17. The number of rotatable bonds is 45. The van der Waals surface area contributed by atoms with Gasteiger partial charge in [-0.05, 0) is 44.9 Å². The normalized spacial score (nSPS) is 13.7. The van der Waals surface area contributed by atoms with Crippen LogP contribution in [0, 0.1) is 0 Å². The van der Waals surface area contributed by atoms with Gasteiger partial charge in [0.15, 0.2) is 0 Å². The van der Waals surface area contributed by atoms with Gasteiger partial charge in [0, 0.05) is 0 Å². The lowest BCUT2D eigenvalue weighted by Crippen LogP contribution is -2.45. The second-order valence-corrected chi connectivity index (χ2v) is 17.1. The molecule has 0 bridgehead atoms. The van der Waals surface area contributed by atoms with Crippen molar-refractivity contribution >= 4 is 5.91 Å². The van der Waals surface area contributed by atoms with E-state index in [1.54, 1.807) is 6.08 Å². The maximum atomic E-state index is 12.5. The largest absolute Gasteiger partial charge is 0.394 e. The highest BCUT2D eigenvalue weighted by Gasteiger charge is 2.20. The number of carbonyl (C=O) groups excluding carboxylic acids is 1. The quantitative estimate of drug-likeness (QED) is 0.0365. The van der Waals surface area contributed by atoms with E-state index in [1.807, 2.05) is 6.08 Å². The summed E-state index contributed by atoms with van der Waals surface area (Å²) in [7, 11) is 0. The Morgan fingerprint density at radius 2 is 0.768 bits per heavy atom. The van der Waals surface area contributed by atoms with E-state index in [0.717, 1.165) is 38.5 Å². The van der Waals surface area contributed by atoms with Gasteiger partial charge < -0.3 is 20.6 Å². The number of allylic oxidation sites excluding steroid dienone is 5. The second-order valence-electron chi connectivity index (χ2n) is 17.1. The van der Waals surface area contributed by atoms with Crippen LogP contribution in [0.2, 0.25) is 0 Å². The lowest BCUT2D eigenvalue weighted by Gasteiger charge is -2.21. The molecule has 0 aliphatic heterocycles. The highest BCUT2D eigenvalue weighted by atomic mass is 16.3. The Morgan fingerprint density at radius 3 is 1.14 bits per heavy atom. The van der Waals surface area contributed by atoms with Crippen LogP contribution in [0.1, 0.15) is 258 Å². The number of hydrogen-bond acceptors (Lipinski definition) is 4. The summed E-state index contributed by atoms with van der Waals surface area (Å²) in [6.07, 6.45) is 58.8. The molecule has 0 aromatic rings. The van der Waals surface area contributed by atoms with E-state index in [2.05, 4.69) is 43.5 Å². The van der Waals surface area contributed by atoms with Crippen molar-refractivity contribution in [3.8, 4) is 0 Å². The van der Waals surface area contributed by atoms with Crippen molar-refractivity contribution in [1.29, 1.82) is 0 Å². The van der Waals surface area contributed by atoms with E-state index in [9.17, 15) is 20.1 Å². The average Bonchev–Trinajstić information content (AvgIpc) is 3.19. The summed E-state index contributed by atoms with van der Waals surface area (Å²) < 4.78 is 0. The second kappa shape index (κ2) is 46.3. The van der Waals surface area contributed by atoms with Crippen LogP contribution in [0.4, 0.5) is 0 Å². The maximum Gasteiger partial charge on any atom is 0.222 e. The standard InChI is InChI=1S/C51H97NO4/c1-3-5-7-9-11-13-15-17-19-21-23-24-25-26-27-28-30-32-34-36-38-40-42-44-48(54)46-51(56)52-49(47-53)50(55)45-43-41-39-37-35-33-31-29-22-20-18-16-14-12-10-8-6-4-2/h22,29,35,37,43,45,48-50,53-55H,3-21,23-28,30-34,36,38-42,44,46-47H2,1-2H3,(H,52,56)/b29-22+,37-35+,45-43+. The van der Waals surface area contributed by atoms with Crippen molar-refractivity contribution in [3.63, 3.8) is 0 Å². The van der Waals surface area contributed by atoms with Gasteiger partial charge in [0.2, 0.25) is 5.91 Å². The molecular formula is C51H97NO4. The van der Waals surface area contributed by atoms with Crippen LogP contribution in [0.25, 0.3) is 0 Å². The summed E-state index contributed by atoms with van der Waals surface area (Å²) in [5.41, 5.74) is 0. The monoisotopic (exact) mass is 788 g/mol. The Hall–Kier alpha value is -1.43. The third-order valence-electron chi connectivity index (χ3n) is 11.4. The number of aliphatic hydroxyl groups is 3. The molecule has 1 amide bonds. The van der Waals surface area contributed by atoms with Gasteiger partial charge in [0.05, 0.1) is 31.3 Å². The van der Waals surface area contributed by atoms with E-state index < -0.39 is 18.2 Å². The van der Waals surface area contributed by atoms with E-state index in [0.29, 0.717) is 6.42 Å². The Bertz CT molecular complexity index is 870.